The number of carbonyl (C=O) groups excluding carboxylic acids is 3. The van der Waals surface area contributed by atoms with E-state index in [0.29, 0.717) is 30.4 Å². The van der Waals surface area contributed by atoms with Crippen LogP contribution in [-0.2, 0) is 24.3 Å². The van der Waals surface area contributed by atoms with E-state index < -0.39 is 27.9 Å². The third-order valence-electron chi connectivity index (χ3n) is 5.10. The summed E-state index contributed by atoms with van der Waals surface area (Å²) >= 11 is 0. The summed E-state index contributed by atoms with van der Waals surface area (Å²) in [7, 11) is -1.24. The van der Waals surface area contributed by atoms with Crippen LogP contribution < -0.4 is 19.1 Å². The van der Waals surface area contributed by atoms with Gasteiger partial charge >= 0.3 is 11.9 Å². The molecule has 0 fully saturated rings. The Kier molecular flexibility index (Phi) is 8.18. The summed E-state index contributed by atoms with van der Waals surface area (Å²) in [5.41, 5.74) is 0.660. The molecule has 3 rings (SSSR count). The standard InChI is InChI=1S/C23H26N2O9S/c1-31-22(27)15-6-8-17(23(28)32-2)18(13-15)24-21(26)5-4-10-25(35(3,29)30)16-7-9-19-20(14-16)34-12-11-33-19/h6-9,13-14H,4-5,10-12H2,1-3H3,(H,24,26). The largest absolute Gasteiger partial charge is 0.486 e. The second-order valence-corrected chi connectivity index (χ2v) is 9.47. The van der Waals surface area contributed by atoms with Crippen LogP contribution in [0.2, 0.25) is 0 Å². The molecule has 0 spiro atoms. The average molecular weight is 507 g/mol. The second-order valence-electron chi connectivity index (χ2n) is 7.56. The summed E-state index contributed by atoms with van der Waals surface area (Å²) < 4.78 is 46.4. The molecule has 2 aromatic rings. The maximum Gasteiger partial charge on any atom is 0.339 e. The van der Waals surface area contributed by atoms with Crippen LogP contribution in [0.3, 0.4) is 0 Å². The predicted molar refractivity (Wildman–Crippen MR) is 127 cm³/mol. The van der Waals surface area contributed by atoms with Gasteiger partial charge in [0, 0.05) is 19.0 Å². The van der Waals surface area contributed by atoms with E-state index in [2.05, 4.69) is 10.1 Å². The van der Waals surface area contributed by atoms with E-state index in [1.165, 1.54) is 36.7 Å². The second kappa shape index (κ2) is 11.1. The quantitative estimate of drug-likeness (QED) is 0.507. The number of rotatable bonds is 9. The van der Waals surface area contributed by atoms with Gasteiger partial charge in [-0.05, 0) is 36.8 Å². The number of methoxy groups -OCH3 is 2. The maximum atomic E-state index is 12.6. The Bertz CT molecular complexity index is 1230. The number of hydrogen-bond acceptors (Lipinski definition) is 9. The molecule has 1 aliphatic heterocycles. The number of esters is 2. The summed E-state index contributed by atoms with van der Waals surface area (Å²) in [4.78, 5) is 36.5. The normalized spacial score (nSPS) is 12.4. The van der Waals surface area contributed by atoms with Crippen molar-refractivity contribution in [3.8, 4) is 11.5 Å². The number of nitrogens with zero attached hydrogens (tertiary/aromatic N) is 1. The van der Waals surface area contributed by atoms with Crippen molar-refractivity contribution in [2.75, 3.05) is 49.9 Å². The van der Waals surface area contributed by atoms with Crippen molar-refractivity contribution >= 4 is 39.2 Å². The minimum atomic E-state index is -3.65. The van der Waals surface area contributed by atoms with Crippen molar-refractivity contribution < 1.29 is 41.7 Å². The van der Waals surface area contributed by atoms with E-state index in [4.69, 9.17) is 14.2 Å². The Morgan fingerprint density at radius 3 is 2.31 bits per heavy atom. The molecular formula is C23H26N2O9S. The van der Waals surface area contributed by atoms with E-state index in [0.717, 1.165) is 6.26 Å². The van der Waals surface area contributed by atoms with Gasteiger partial charge < -0.3 is 24.3 Å². The van der Waals surface area contributed by atoms with Crippen molar-refractivity contribution in [2.24, 2.45) is 0 Å². The van der Waals surface area contributed by atoms with Crippen LogP contribution in [-0.4, -0.2) is 66.5 Å². The lowest BCUT2D eigenvalue weighted by atomic mass is 10.1. The minimum absolute atomic E-state index is 0.0258. The molecule has 1 N–H and O–H groups in total. The lowest BCUT2D eigenvalue weighted by molar-refractivity contribution is -0.116. The molecule has 12 heteroatoms. The van der Waals surface area contributed by atoms with Crippen molar-refractivity contribution in [1.29, 1.82) is 0 Å². The third-order valence-corrected chi connectivity index (χ3v) is 6.29. The molecule has 35 heavy (non-hydrogen) atoms. The first-order valence-electron chi connectivity index (χ1n) is 10.6. The highest BCUT2D eigenvalue weighted by molar-refractivity contribution is 7.92. The number of sulfonamides is 1. The van der Waals surface area contributed by atoms with Gasteiger partial charge in [-0.1, -0.05) is 0 Å². The number of anilines is 2. The van der Waals surface area contributed by atoms with Crippen molar-refractivity contribution in [3.05, 3.63) is 47.5 Å². The van der Waals surface area contributed by atoms with E-state index in [1.807, 2.05) is 0 Å². The highest BCUT2D eigenvalue weighted by Gasteiger charge is 2.22. The third kappa shape index (κ3) is 6.41. The molecule has 0 aliphatic carbocycles. The first-order valence-corrected chi connectivity index (χ1v) is 12.5. The molecule has 188 valence electrons. The van der Waals surface area contributed by atoms with Gasteiger partial charge in [-0.3, -0.25) is 9.10 Å². The zero-order valence-corrected chi connectivity index (χ0v) is 20.3. The maximum absolute atomic E-state index is 12.6. The van der Waals surface area contributed by atoms with Gasteiger partial charge in [0.1, 0.15) is 13.2 Å². The lowest BCUT2D eigenvalue weighted by Crippen LogP contribution is -2.31. The van der Waals surface area contributed by atoms with E-state index in [9.17, 15) is 22.8 Å². The van der Waals surface area contributed by atoms with Crippen molar-refractivity contribution in [2.45, 2.75) is 12.8 Å². The Morgan fingerprint density at radius 1 is 0.971 bits per heavy atom. The number of nitrogens with one attached hydrogen (secondary N) is 1. The zero-order chi connectivity index (χ0) is 25.6. The average Bonchev–Trinajstić information content (AvgIpc) is 2.84. The first kappa shape index (κ1) is 25.8. The molecule has 0 radical (unpaired) electrons. The Morgan fingerprint density at radius 2 is 1.66 bits per heavy atom. The molecule has 1 aliphatic rings. The monoisotopic (exact) mass is 506 g/mol. The van der Waals surface area contributed by atoms with Gasteiger partial charge in [0.2, 0.25) is 15.9 Å². The summed E-state index contributed by atoms with van der Waals surface area (Å²) in [6.45, 7) is 0.801. The van der Waals surface area contributed by atoms with Gasteiger partial charge in [-0.25, -0.2) is 18.0 Å². The minimum Gasteiger partial charge on any atom is -0.486 e. The molecule has 0 aromatic heterocycles. The Labute approximate surface area is 203 Å². The molecule has 11 nitrogen and oxygen atoms in total. The van der Waals surface area contributed by atoms with Crippen LogP contribution in [0.5, 0.6) is 11.5 Å². The number of ether oxygens (including phenoxy) is 4. The van der Waals surface area contributed by atoms with Crippen molar-refractivity contribution in [3.63, 3.8) is 0 Å². The van der Waals surface area contributed by atoms with Crippen LogP contribution in [0.1, 0.15) is 33.6 Å². The molecule has 0 bridgehead atoms. The van der Waals surface area contributed by atoms with Gasteiger partial charge in [0.05, 0.1) is 43.0 Å². The Hall–Kier alpha value is -3.80. The predicted octanol–water partition coefficient (Wildman–Crippen LogP) is 2.22. The molecular weight excluding hydrogens is 480 g/mol. The van der Waals surface area contributed by atoms with Gasteiger partial charge in [-0.15, -0.1) is 0 Å². The fourth-order valence-corrected chi connectivity index (χ4v) is 4.41. The summed E-state index contributed by atoms with van der Waals surface area (Å²) in [5, 5.41) is 2.59. The molecule has 1 amide bonds. The zero-order valence-electron chi connectivity index (χ0n) is 19.5. The van der Waals surface area contributed by atoms with Gasteiger partial charge in [0.15, 0.2) is 11.5 Å². The first-order chi connectivity index (χ1) is 16.6. The van der Waals surface area contributed by atoms with Crippen LogP contribution in [0, 0.1) is 0 Å². The van der Waals surface area contributed by atoms with Crippen LogP contribution in [0.4, 0.5) is 11.4 Å². The van der Waals surface area contributed by atoms with Crippen LogP contribution >= 0.6 is 0 Å². The summed E-state index contributed by atoms with van der Waals surface area (Å²) in [5.74, 6) is -0.837. The van der Waals surface area contributed by atoms with Crippen LogP contribution in [0.25, 0.3) is 0 Å². The van der Waals surface area contributed by atoms with Gasteiger partial charge in [0.25, 0.3) is 0 Å². The number of amides is 1. The smallest absolute Gasteiger partial charge is 0.339 e. The fraction of sp³-hybridized carbons (Fsp3) is 0.348. The number of benzene rings is 2. The lowest BCUT2D eigenvalue weighted by Gasteiger charge is -2.25. The van der Waals surface area contributed by atoms with E-state index >= 15 is 0 Å². The molecule has 0 atom stereocenters. The molecule has 0 saturated carbocycles. The molecule has 0 unspecified atom stereocenters. The Balaban J connectivity index is 1.70. The van der Waals surface area contributed by atoms with Crippen LogP contribution in [0.15, 0.2) is 36.4 Å². The SMILES string of the molecule is COC(=O)c1ccc(C(=O)OC)c(NC(=O)CCCN(c2ccc3c(c2)OCCO3)S(C)(=O)=O)c1. The summed E-state index contributed by atoms with van der Waals surface area (Å²) in [6, 6.07) is 8.86. The molecule has 2 aromatic carbocycles. The molecule has 0 saturated heterocycles. The van der Waals surface area contributed by atoms with E-state index in [1.54, 1.807) is 18.2 Å². The van der Waals surface area contributed by atoms with Gasteiger partial charge in [-0.2, -0.15) is 0 Å². The molecule has 1 heterocycles. The van der Waals surface area contributed by atoms with Crippen molar-refractivity contribution in [1.82, 2.24) is 0 Å². The highest BCUT2D eigenvalue weighted by Crippen LogP contribution is 2.34. The fourth-order valence-electron chi connectivity index (χ4n) is 3.45. The summed E-state index contributed by atoms with van der Waals surface area (Å²) in [6.07, 6.45) is 1.20. The highest BCUT2D eigenvalue weighted by atomic mass is 32.2. The number of fused-ring (bicyclic) bond motifs is 1. The van der Waals surface area contributed by atoms with E-state index in [-0.39, 0.29) is 36.2 Å². The topological polar surface area (TPSA) is 138 Å². The number of hydrogen-bond donors (Lipinski definition) is 1. The number of carbonyl (C=O) groups is 3.